The largest absolute Gasteiger partial charge is 0.289 e. The van der Waals surface area contributed by atoms with E-state index in [1.165, 1.54) is 11.1 Å². The quantitative estimate of drug-likeness (QED) is 0.434. The fourth-order valence-electron chi connectivity index (χ4n) is 1.58. The van der Waals surface area contributed by atoms with Crippen molar-refractivity contribution in [3.8, 4) is 0 Å². The topological polar surface area (TPSA) is 17.1 Å². The van der Waals surface area contributed by atoms with Gasteiger partial charge in [-0.2, -0.15) is 0 Å². The summed E-state index contributed by atoms with van der Waals surface area (Å²) in [6.07, 6.45) is 0. The minimum Gasteiger partial charge on any atom is -0.289 e. The van der Waals surface area contributed by atoms with Crippen LogP contribution in [0.2, 0.25) is 0 Å². The van der Waals surface area contributed by atoms with Crippen LogP contribution < -0.4 is 0 Å². The van der Waals surface area contributed by atoms with Crippen LogP contribution in [0.3, 0.4) is 0 Å². The highest BCUT2D eigenvalue weighted by molar-refractivity contribution is 7.15. The number of hydrogen-bond acceptors (Lipinski definition) is 1. The van der Waals surface area contributed by atoms with E-state index in [1.54, 1.807) is 0 Å². The van der Waals surface area contributed by atoms with Gasteiger partial charge in [0.25, 0.3) is 0 Å². The molecule has 0 aliphatic heterocycles. The molecule has 2 aromatic carbocycles. The molecule has 2 aromatic rings. The second kappa shape index (κ2) is 20.0. The van der Waals surface area contributed by atoms with Crippen LogP contribution in [0.15, 0.2) is 48.5 Å². The van der Waals surface area contributed by atoms with Crippen molar-refractivity contribution in [3.05, 3.63) is 70.8 Å². The van der Waals surface area contributed by atoms with E-state index in [0.717, 1.165) is 11.1 Å². The third-order valence-corrected chi connectivity index (χ3v) is 2.63. The monoisotopic (exact) mass is 366 g/mol. The Balaban J connectivity index is -0.000000484. The Morgan fingerprint density at radius 2 is 0.792 bits per heavy atom. The molecule has 0 amide bonds. The highest BCUT2D eigenvalue weighted by atomic mass is 31.0. The second-order valence-corrected chi connectivity index (χ2v) is 4.06. The summed E-state index contributed by atoms with van der Waals surface area (Å²) in [6.45, 7) is 15.9. The number of carbonyl (C=O) groups excluding carboxylic acids is 1. The Morgan fingerprint density at radius 3 is 1.00 bits per heavy atom. The molecule has 0 bridgehead atoms. The summed E-state index contributed by atoms with van der Waals surface area (Å²) < 4.78 is 0. The van der Waals surface area contributed by atoms with Crippen LogP contribution in [0.25, 0.3) is 0 Å². The average Bonchev–Trinajstić information content (AvgIpc) is 2.69. The van der Waals surface area contributed by atoms with Crippen molar-refractivity contribution < 1.29 is 4.79 Å². The zero-order valence-corrected chi connectivity index (χ0v) is 19.0. The fourth-order valence-corrected chi connectivity index (χ4v) is 1.58. The highest BCUT2D eigenvalue weighted by Gasteiger charge is 2.07. The summed E-state index contributed by atoms with van der Waals surface area (Å²) >= 11 is 0. The first-order chi connectivity index (χ1) is 11.7. The fraction of sp³-hybridized carbons (Fsp3) is 0.381. The van der Waals surface area contributed by atoms with Crippen molar-refractivity contribution in [2.45, 2.75) is 41.5 Å². The summed E-state index contributed by atoms with van der Waals surface area (Å²) in [5.41, 5.74) is 3.82. The van der Waals surface area contributed by atoms with Gasteiger partial charge in [0.05, 0.1) is 0 Å². The summed E-state index contributed by atoms with van der Waals surface area (Å²) in [4.78, 5) is 12.1. The number of ketones is 1. The molecule has 2 unspecified atom stereocenters. The minimum atomic E-state index is 0.0833. The van der Waals surface area contributed by atoms with Gasteiger partial charge in [-0.1, -0.05) is 101 Å². The zero-order chi connectivity index (χ0) is 19.5. The lowest BCUT2D eigenvalue weighted by atomic mass is 10.0. The Morgan fingerprint density at radius 1 is 0.583 bits per heavy atom. The van der Waals surface area contributed by atoms with Gasteiger partial charge in [-0.3, -0.25) is 4.79 Å². The number of aryl methyl sites for hydroxylation is 2. The molecule has 0 radical (unpaired) electrons. The van der Waals surface area contributed by atoms with Crippen molar-refractivity contribution in [2.24, 2.45) is 0 Å². The maximum atomic E-state index is 12.1. The van der Waals surface area contributed by atoms with Gasteiger partial charge in [-0.15, -0.1) is 18.5 Å². The Hall–Kier alpha value is -1.03. The van der Waals surface area contributed by atoms with Gasteiger partial charge in [-0.05, 0) is 13.8 Å². The molecular weight excluding hydrogens is 330 g/mol. The Kier molecular flexibility index (Phi) is 23.2. The number of hydrogen-bond donors (Lipinski definition) is 0. The summed E-state index contributed by atoms with van der Waals surface area (Å²) in [7, 11) is 4.83. The van der Waals surface area contributed by atoms with Gasteiger partial charge in [0, 0.05) is 11.1 Å². The molecule has 0 aliphatic carbocycles. The van der Waals surface area contributed by atoms with E-state index < -0.39 is 0 Å². The molecule has 1 nitrogen and oxygen atoms in total. The van der Waals surface area contributed by atoms with Gasteiger partial charge in [0.1, 0.15) is 0 Å². The van der Waals surface area contributed by atoms with Crippen LogP contribution in [0, 0.1) is 13.8 Å². The predicted octanol–water partition coefficient (Wildman–Crippen LogP) is 6.57. The molecule has 24 heavy (non-hydrogen) atoms. The lowest BCUT2D eigenvalue weighted by Crippen LogP contribution is -2.00. The van der Waals surface area contributed by atoms with E-state index in [2.05, 4.69) is 18.5 Å². The third kappa shape index (κ3) is 11.5. The maximum absolute atomic E-state index is 12.1. The number of carbonyl (C=O) groups is 1. The molecule has 2 atom stereocenters. The van der Waals surface area contributed by atoms with E-state index in [-0.39, 0.29) is 5.78 Å². The SMILES string of the molecule is CC.CC.CP.CP.Cc1ccc(C(=O)c2ccc(C)cc2)cc1. The Labute approximate surface area is 155 Å². The van der Waals surface area contributed by atoms with Gasteiger partial charge in [0.2, 0.25) is 0 Å². The molecule has 0 saturated carbocycles. The molecule has 0 spiro atoms. The van der Waals surface area contributed by atoms with E-state index in [1.807, 2.05) is 103 Å². The van der Waals surface area contributed by atoms with E-state index in [0.29, 0.717) is 0 Å². The zero-order valence-electron chi connectivity index (χ0n) is 16.7. The predicted molar refractivity (Wildman–Crippen MR) is 120 cm³/mol. The molecule has 0 saturated heterocycles. The summed E-state index contributed by atoms with van der Waals surface area (Å²) in [5.74, 6) is 0.0833. The second-order valence-electron chi connectivity index (χ2n) is 4.06. The first kappa shape index (κ1) is 27.8. The molecule has 2 rings (SSSR count). The molecule has 0 aromatic heterocycles. The highest BCUT2D eigenvalue weighted by Crippen LogP contribution is 2.11. The number of benzene rings is 2. The van der Waals surface area contributed by atoms with Crippen LogP contribution in [0.5, 0.6) is 0 Å². The van der Waals surface area contributed by atoms with E-state index >= 15 is 0 Å². The van der Waals surface area contributed by atoms with Crippen LogP contribution in [-0.2, 0) is 0 Å². The first-order valence-corrected chi connectivity index (χ1v) is 10.8. The van der Waals surface area contributed by atoms with Gasteiger partial charge in [-0.25, -0.2) is 0 Å². The molecule has 0 N–H and O–H groups in total. The average molecular weight is 366 g/mol. The normalized spacial score (nSPS) is 7.75. The maximum Gasteiger partial charge on any atom is 0.193 e. The van der Waals surface area contributed by atoms with Crippen molar-refractivity contribution in [3.63, 3.8) is 0 Å². The van der Waals surface area contributed by atoms with Crippen LogP contribution in [0.1, 0.15) is 54.7 Å². The Bertz CT molecular complexity index is 455. The van der Waals surface area contributed by atoms with Crippen LogP contribution >= 0.6 is 18.5 Å². The summed E-state index contributed by atoms with van der Waals surface area (Å²) in [6, 6.07) is 15.3. The van der Waals surface area contributed by atoms with Crippen LogP contribution in [-0.4, -0.2) is 19.1 Å². The van der Waals surface area contributed by atoms with Crippen molar-refractivity contribution in [1.82, 2.24) is 0 Å². The van der Waals surface area contributed by atoms with Crippen molar-refractivity contribution in [2.75, 3.05) is 13.3 Å². The smallest absolute Gasteiger partial charge is 0.193 e. The lowest BCUT2D eigenvalue weighted by Gasteiger charge is -2.02. The van der Waals surface area contributed by atoms with E-state index in [9.17, 15) is 4.79 Å². The van der Waals surface area contributed by atoms with Crippen molar-refractivity contribution >= 4 is 24.3 Å². The minimum absolute atomic E-state index is 0.0833. The van der Waals surface area contributed by atoms with Gasteiger partial charge >= 0.3 is 0 Å². The molecule has 0 aliphatic rings. The molecule has 3 heteroatoms. The summed E-state index contributed by atoms with van der Waals surface area (Å²) in [5, 5.41) is 0. The standard InChI is InChI=1S/C15H14O.2C2H6.2CH5P/c1-11-3-7-13(8-4-11)15(16)14-9-5-12(2)6-10-14;4*1-2/h3-10H,1-2H3;2*1-2H3;2*2H2,1H3. The van der Waals surface area contributed by atoms with Crippen LogP contribution in [0.4, 0.5) is 0 Å². The third-order valence-electron chi connectivity index (χ3n) is 2.63. The van der Waals surface area contributed by atoms with Gasteiger partial charge in [0.15, 0.2) is 5.78 Å². The lowest BCUT2D eigenvalue weighted by molar-refractivity contribution is 0.103. The van der Waals surface area contributed by atoms with Crippen molar-refractivity contribution in [1.29, 1.82) is 0 Å². The molecule has 136 valence electrons. The first-order valence-electron chi connectivity index (χ1n) is 8.50. The molecular formula is C21H36OP2. The van der Waals surface area contributed by atoms with Gasteiger partial charge < -0.3 is 0 Å². The molecule has 0 fully saturated rings. The number of rotatable bonds is 2. The molecule has 0 heterocycles. The van der Waals surface area contributed by atoms with E-state index in [4.69, 9.17) is 0 Å².